The molecular weight excluding hydrogens is 386 g/mol. The Balaban J connectivity index is 1.74. The van der Waals surface area contributed by atoms with Crippen LogP contribution in [0.25, 0.3) is 0 Å². The number of esters is 1. The standard InChI is InChI=1S/C27H27NO3/c1-4-28(17-16-18(2)3)22-13-9-12-21-25(22)26(29)31-27(21)19-10-5-7-14-23(19)30-24-15-8-6-11-20(24)27/h5-15,18H,4,16-17H2,1-3H3. The summed E-state index contributed by atoms with van der Waals surface area (Å²) >= 11 is 0. The summed E-state index contributed by atoms with van der Waals surface area (Å²) in [5.74, 6) is 1.76. The highest BCUT2D eigenvalue weighted by Crippen LogP contribution is 2.56. The molecule has 0 saturated heterocycles. The Hall–Kier alpha value is -3.27. The maximum absolute atomic E-state index is 13.4. The third kappa shape index (κ3) is 2.93. The van der Waals surface area contributed by atoms with Crippen molar-refractivity contribution in [3.05, 3.63) is 89.0 Å². The highest BCUT2D eigenvalue weighted by atomic mass is 16.6. The van der Waals surface area contributed by atoms with Crippen LogP contribution in [0.1, 0.15) is 54.2 Å². The van der Waals surface area contributed by atoms with Crippen LogP contribution >= 0.6 is 0 Å². The van der Waals surface area contributed by atoms with Crippen molar-refractivity contribution in [1.82, 2.24) is 0 Å². The summed E-state index contributed by atoms with van der Waals surface area (Å²) in [7, 11) is 0. The molecule has 4 heteroatoms. The van der Waals surface area contributed by atoms with Crippen LogP contribution in [0.2, 0.25) is 0 Å². The number of rotatable bonds is 5. The molecule has 0 saturated carbocycles. The summed E-state index contributed by atoms with van der Waals surface area (Å²) in [5.41, 5.74) is 3.24. The van der Waals surface area contributed by atoms with Gasteiger partial charge in [-0.2, -0.15) is 0 Å². The minimum atomic E-state index is -0.995. The number of carbonyl (C=O) groups is 1. The van der Waals surface area contributed by atoms with E-state index in [1.807, 2.05) is 66.7 Å². The molecule has 0 radical (unpaired) electrons. The third-order valence-electron chi connectivity index (χ3n) is 6.32. The van der Waals surface area contributed by atoms with Crippen LogP contribution < -0.4 is 9.64 Å². The summed E-state index contributed by atoms with van der Waals surface area (Å²) in [5, 5.41) is 0. The Morgan fingerprint density at radius 1 is 0.871 bits per heavy atom. The molecule has 3 aromatic rings. The van der Waals surface area contributed by atoms with Crippen molar-refractivity contribution in [1.29, 1.82) is 0 Å². The van der Waals surface area contributed by atoms with E-state index in [1.165, 1.54) is 0 Å². The van der Waals surface area contributed by atoms with E-state index in [1.54, 1.807) is 0 Å². The molecule has 4 nitrogen and oxygen atoms in total. The molecule has 0 aromatic heterocycles. The number of hydrogen-bond acceptors (Lipinski definition) is 4. The highest BCUT2D eigenvalue weighted by Gasteiger charge is 2.54. The zero-order valence-electron chi connectivity index (χ0n) is 18.2. The van der Waals surface area contributed by atoms with Gasteiger partial charge in [0.15, 0.2) is 5.60 Å². The molecule has 0 bridgehead atoms. The van der Waals surface area contributed by atoms with Crippen molar-refractivity contribution in [2.45, 2.75) is 32.8 Å². The molecule has 1 spiro atoms. The molecule has 0 fully saturated rings. The lowest BCUT2D eigenvalue weighted by Crippen LogP contribution is -2.33. The van der Waals surface area contributed by atoms with Crippen molar-refractivity contribution in [3.8, 4) is 11.5 Å². The van der Waals surface area contributed by atoms with Crippen molar-refractivity contribution < 1.29 is 14.3 Å². The van der Waals surface area contributed by atoms with Gasteiger partial charge in [0.05, 0.1) is 11.3 Å². The maximum atomic E-state index is 13.4. The van der Waals surface area contributed by atoms with Gasteiger partial charge < -0.3 is 14.4 Å². The molecule has 5 rings (SSSR count). The maximum Gasteiger partial charge on any atom is 0.342 e. The molecular formula is C27H27NO3. The van der Waals surface area contributed by atoms with Gasteiger partial charge in [0.25, 0.3) is 0 Å². The molecule has 2 aliphatic rings. The van der Waals surface area contributed by atoms with Crippen LogP contribution in [0.5, 0.6) is 11.5 Å². The lowest BCUT2D eigenvalue weighted by molar-refractivity contribution is 0.0224. The van der Waals surface area contributed by atoms with Crippen molar-refractivity contribution in [3.63, 3.8) is 0 Å². The van der Waals surface area contributed by atoms with Crippen LogP contribution in [-0.4, -0.2) is 19.1 Å². The summed E-state index contributed by atoms with van der Waals surface area (Å²) in [6.45, 7) is 8.32. The van der Waals surface area contributed by atoms with Crippen molar-refractivity contribution >= 4 is 11.7 Å². The molecule has 2 heterocycles. The fourth-order valence-electron chi connectivity index (χ4n) is 4.78. The topological polar surface area (TPSA) is 38.8 Å². The summed E-state index contributed by atoms with van der Waals surface area (Å²) in [6.07, 6.45) is 1.07. The van der Waals surface area contributed by atoms with E-state index >= 15 is 0 Å². The zero-order chi connectivity index (χ0) is 21.6. The average molecular weight is 414 g/mol. The summed E-state index contributed by atoms with van der Waals surface area (Å²) in [6, 6.07) is 21.8. The quantitative estimate of drug-likeness (QED) is 0.472. The van der Waals surface area contributed by atoms with Gasteiger partial charge in [-0.05, 0) is 37.5 Å². The number of benzene rings is 3. The van der Waals surface area contributed by atoms with Gasteiger partial charge in [-0.25, -0.2) is 4.79 Å². The SMILES string of the molecule is CCN(CCC(C)C)c1cccc2c1C(=O)OC21c2ccccc2Oc2ccccc21. The second kappa shape index (κ2) is 7.45. The average Bonchev–Trinajstić information content (AvgIpc) is 3.08. The van der Waals surface area contributed by atoms with E-state index in [0.717, 1.165) is 53.4 Å². The first-order valence-electron chi connectivity index (χ1n) is 11.0. The van der Waals surface area contributed by atoms with Gasteiger partial charge in [0, 0.05) is 29.8 Å². The molecule has 0 atom stereocenters. The number of nitrogens with zero attached hydrogens (tertiary/aromatic N) is 1. The molecule has 0 aliphatic carbocycles. The van der Waals surface area contributed by atoms with Gasteiger partial charge in [-0.1, -0.05) is 62.4 Å². The van der Waals surface area contributed by atoms with Crippen LogP contribution in [0, 0.1) is 5.92 Å². The normalized spacial score (nSPS) is 15.2. The first-order valence-corrected chi connectivity index (χ1v) is 11.0. The Morgan fingerprint density at radius 2 is 1.48 bits per heavy atom. The predicted octanol–water partition coefficient (Wildman–Crippen LogP) is 6.13. The van der Waals surface area contributed by atoms with E-state index in [2.05, 4.69) is 25.7 Å². The fourth-order valence-corrected chi connectivity index (χ4v) is 4.78. The van der Waals surface area contributed by atoms with E-state index in [4.69, 9.17) is 9.47 Å². The molecule has 2 aliphatic heterocycles. The van der Waals surface area contributed by atoms with Gasteiger partial charge >= 0.3 is 5.97 Å². The smallest absolute Gasteiger partial charge is 0.342 e. The number of fused-ring (bicyclic) bond motifs is 6. The Kier molecular flexibility index (Phi) is 4.73. The number of para-hydroxylation sites is 2. The zero-order valence-corrected chi connectivity index (χ0v) is 18.2. The van der Waals surface area contributed by atoms with Crippen LogP contribution in [0.15, 0.2) is 66.7 Å². The van der Waals surface area contributed by atoms with E-state index < -0.39 is 5.60 Å². The van der Waals surface area contributed by atoms with E-state index in [0.29, 0.717) is 11.5 Å². The van der Waals surface area contributed by atoms with E-state index in [-0.39, 0.29) is 5.97 Å². The number of anilines is 1. The lowest BCUT2D eigenvalue weighted by Gasteiger charge is -2.36. The molecule has 0 N–H and O–H groups in total. The Morgan fingerprint density at radius 3 is 2.10 bits per heavy atom. The van der Waals surface area contributed by atoms with E-state index in [9.17, 15) is 4.79 Å². The largest absolute Gasteiger partial charge is 0.456 e. The predicted molar refractivity (Wildman–Crippen MR) is 122 cm³/mol. The van der Waals surface area contributed by atoms with Crippen LogP contribution in [0.3, 0.4) is 0 Å². The number of carbonyl (C=O) groups excluding carboxylic acids is 1. The first kappa shape index (κ1) is 19.7. The van der Waals surface area contributed by atoms with Crippen LogP contribution in [0.4, 0.5) is 5.69 Å². The monoisotopic (exact) mass is 413 g/mol. The molecule has 3 aromatic carbocycles. The number of hydrogen-bond donors (Lipinski definition) is 0. The molecule has 158 valence electrons. The third-order valence-corrected chi connectivity index (χ3v) is 6.32. The van der Waals surface area contributed by atoms with Crippen LogP contribution in [-0.2, 0) is 10.3 Å². The summed E-state index contributed by atoms with van der Waals surface area (Å²) < 4.78 is 12.5. The summed E-state index contributed by atoms with van der Waals surface area (Å²) in [4.78, 5) is 15.7. The van der Waals surface area contributed by atoms with Gasteiger partial charge in [0.1, 0.15) is 11.5 Å². The second-order valence-corrected chi connectivity index (χ2v) is 8.63. The van der Waals surface area contributed by atoms with Gasteiger partial charge in [-0.3, -0.25) is 0 Å². The Labute approximate surface area is 183 Å². The minimum absolute atomic E-state index is 0.278. The molecule has 0 amide bonds. The first-order chi connectivity index (χ1) is 15.1. The van der Waals surface area contributed by atoms with Crippen molar-refractivity contribution in [2.24, 2.45) is 5.92 Å². The minimum Gasteiger partial charge on any atom is -0.456 e. The lowest BCUT2D eigenvalue weighted by atomic mass is 9.77. The van der Waals surface area contributed by atoms with Gasteiger partial charge in [0.2, 0.25) is 0 Å². The highest BCUT2D eigenvalue weighted by molar-refractivity contribution is 6.02. The van der Waals surface area contributed by atoms with Crippen molar-refractivity contribution in [2.75, 3.05) is 18.0 Å². The molecule has 31 heavy (non-hydrogen) atoms. The molecule has 0 unspecified atom stereocenters. The Bertz CT molecular complexity index is 1110. The number of ether oxygens (including phenoxy) is 2. The second-order valence-electron chi connectivity index (χ2n) is 8.63. The fraction of sp³-hybridized carbons (Fsp3) is 0.296. The van der Waals surface area contributed by atoms with Gasteiger partial charge in [-0.15, -0.1) is 0 Å².